The summed E-state index contributed by atoms with van der Waals surface area (Å²) in [5, 5.41) is 12.6. The molecule has 0 aliphatic rings. The van der Waals surface area contributed by atoms with Gasteiger partial charge in [0.15, 0.2) is 15.5 Å². The number of rotatable bonds is 5. The number of benzene rings is 2. The summed E-state index contributed by atoms with van der Waals surface area (Å²) in [5.41, 5.74) is 1.27. The standard InChI is InChI=1S/C20H13Cl2N3O4S/c21-14-8-6-13(7-9-14)17-10-15(22)11-24-19(17)23-18(20(24)25(26)27)12-30(28,29)16-4-2-1-3-5-16/h1-11H,12H2. The van der Waals surface area contributed by atoms with E-state index in [4.69, 9.17) is 23.2 Å². The Morgan fingerprint density at radius 3 is 2.30 bits per heavy atom. The lowest BCUT2D eigenvalue weighted by molar-refractivity contribution is -0.391. The van der Waals surface area contributed by atoms with Crippen LogP contribution in [0.2, 0.25) is 10.0 Å². The monoisotopic (exact) mass is 461 g/mol. The maximum atomic E-state index is 12.8. The van der Waals surface area contributed by atoms with Crippen LogP contribution in [0.4, 0.5) is 5.82 Å². The largest absolute Gasteiger partial charge is 0.358 e. The Morgan fingerprint density at radius 1 is 1.00 bits per heavy atom. The Hall–Kier alpha value is -2.94. The average molecular weight is 462 g/mol. The predicted molar refractivity (Wildman–Crippen MR) is 115 cm³/mol. The molecule has 0 radical (unpaired) electrons. The van der Waals surface area contributed by atoms with Crippen molar-refractivity contribution in [2.75, 3.05) is 0 Å². The van der Waals surface area contributed by atoms with E-state index in [0.29, 0.717) is 16.1 Å². The molecule has 0 unspecified atom stereocenters. The van der Waals surface area contributed by atoms with Gasteiger partial charge in [-0.3, -0.25) is 0 Å². The van der Waals surface area contributed by atoms with Gasteiger partial charge in [0.2, 0.25) is 5.65 Å². The van der Waals surface area contributed by atoms with E-state index in [1.807, 2.05) is 0 Å². The number of hydrogen-bond acceptors (Lipinski definition) is 5. The molecule has 0 spiro atoms. The molecule has 0 amide bonds. The van der Waals surface area contributed by atoms with Crippen LogP contribution in [0.5, 0.6) is 0 Å². The van der Waals surface area contributed by atoms with Gasteiger partial charge in [0, 0.05) is 5.02 Å². The summed E-state index contributed by atoms with van der Waals surface area (Å²) < 4.78 is 26.8. The van der Waals surface area contributed by atoms with Gasteiger partial charge in [0.1, 0.15) is 11.9 Å². The molecule has 10 heteroatoms. The predicted octanol–water partition coefficient (Wildman–Crippen LogP) is 5.19. The molecule has 0 saturated carbocycles. The van der Waals surface area contributed by atoms with Crippen LogP contribution >= 0.6 is 23.2 Å². The van der Waals surface area contributed by atoms with Crippen LogP contribution in [0.1, 0.15) is 5.69 Å². The van der Waals surface area contributed by atoms with Crippen molar-refractivity contribution < 1.29 is 13.3 Å². The average Bonchev–Trinajstić information content (AvgIpc) is 3.05. The van der Waals surface area contributed by atoms with Crippen molar-refractivity contribution in [2.24, 2.45) is 0 Å². The number of nitrogens with zero attached hydrogens (tertiary/aromatic N) is 3. The van der Waals surface area contributed by atoms with Gasteiger partial charge in [-0.15, -0.1) is 0 Å². The molecule has 2 aromatic carbocycles. The molecule has 0 aliphatic heterocycles. The van der Waals surface area contributed by atoms with Gasteiger partial charge < -0.3 is 10.1 Å². The number of sulfone groups is 1. The first kappa shape index (κ1) is 20.3. The molecule has 0 aliphatic carbocycles. The normalized spacial score (nSPS) is 11.7. The van der Waals surface area contributed by atoms with Gasteiger partial charge in [-0.2, -0.15) is 4.40 Å². The lowest BCUT2D eigenvalue weighted by Gasteiger charge is -2.03. The van der Waals surface area contributed by atoms with E-state index in [2.05, 4.69) is 4.98 Å². The van der Waals surface area contributed by atoms with Crippen molar-refractivity contribution in [3.05, 3.63) is 92.7 Å². The summed E-state index contributed by atoms with van der Waals surface area (Å²) in [6.07, 6.45) is 1.35. The van der Waals surface area contributed by atoms with Crippen molar-refractivity contribution in [1.29, 1.82) is 0 Å². The fourth-order valence-electron chi connectivity index (χ4n) is 3.17. The Balaban J connectivity index is 1.93. The number of halogens is 2. The fraction of sp³-hybridized carbons (Fsp3) is 0.0500. The number of fused-ring (bicyclic) bond motifs is 1. The van der Waals surface area contributed by atoms with Gasteiger partial charge in [-0.05, 0) is 40.8 Å². The molecule has 0 N–H and O–H groups in total. The molecule has 0 bridgehead atoms. The molecule has 0 atom stereocenters. The van der Waals surface area contributed by atoms with E-state index in [-0.39, 0.29) is 21.3 Å². The summed E-state index contributed by atoms with van der Waals surface area (Å²) in [4.78, 5) is 15.6. The summed E-state index contributed by atoms with van der Waals surface area (Å²) in [5.74, 6) is -1.06. The molecular weight excluding hydrogens is 449 g/mol. The van der Waals surface area contributed by atoms with Crippen LogP contribution in [0, 0.1) is 10.1 Å². The fourth-order valence-corrected chi connectivity index (χ4v) is 4.79. The minimum absolute atomic E-state index is 0.0623. The Labute approximate surface area is 181 Å². The van der Waals surface area contributed by atoms with Crippen molar-refractivity contribution in [3.63, 3.8) is 0 Å². The third kappa shape index (κ3) is 3.77. The zero-order chi connectivity index (χ0) is 21.5. The lowest BCUT2D eigenvalue weighted by Crippen LogP contribution is -2.07. The van der Waals surface area contributed by atoms with Gasteiger partial charge in [0.25, 0.3) is 0 Å². The van der Waals surface area contributed by atoms with E-state index in [1.165, 1.54) is 22.7 Å². The highest BCUT2D eigenvalue weighted by Crippen LogP contribution is 2.33. The van der Waals surface area contributed by atoms with Crippen molar-refractivity contribution in [1.82, 2.24) is 9.38 Å². The second kappa shape index (κ2) is 7.71. The van der Waals surface area contributed by atoms with Crippen LogP contribution in [0.25, 0.3) is 16.8 Å². The molecule has 2 aromatic heterocycles. The molecule has 0 saturated heterocycles. The van der Waals surface area contributed by atoms with E-state index in [9.17, 15) is 18.5 Å². The minimum Gasteiger partial charge on any atom is -0.358 e. The van der Waals surface area contributed by atoms with Gasteiger partial charge in [-0.1, -0.05) is 53.5 Å². The first-order chi connectivity index (χ1) is 14.3. The molecule has 4 aromatic rings. The highest BCUT2D eigenvalue weighted by Gasteiger charge is 2.29. The molecule has 0 fully saturated rings. The molecule has 30 heavy (non-hydrogen) atoms. The van der Waals surface area contributed by atoms with E-state index < -0.39 is 26.3 Å². The first-order valence-electron chi connectivity index (χ1n) is 8.65. The highest BCUT2D eigenvalue weighted by molar-refractivity contribution is 7.90. The zero-order valence-corrected chi connectivity index (χ0v) is 17.5. The topological polar surface area (TPSA) is 94.6 Å². The van der Waals surface area contributed by atoms with Crippen molar-refractivity contribution in [3.8, 4) is 11.1 Å². The smallest absolute Gasteiger partial charge is 0.352 e. The minimum atomic E-state index is -3.84. The Morgan fingerprint density at radius 2 is 1.67 bits per heavy atom. The van der Waals surface area contributed by atoms with E-state index >= 15 is 0 Å². The Kier molecular flexibility index (Phi) is 5.23. The van der Waals surface area contributed by atoms with Crippen LogP contribution in [-0.4, -0.2) is 22.7 Å². The summed E-state index contributed by atoms with van der Waals surface area (Å²) in [7, 11) is -3.84. The van der Waals surface area contributed by atoms with Gasteiger partial charge in [-0.25, -0.2) is 13.4 Å². The second-order valence-corrected chi connectivity index (χ2v) is 9.35. The maximum Gasteiger partial charge on any atom is 0.352 e. The SMILES string of the molecule is O=[N+]([O-])c1c(CS(=O)(=O)c2ccccc2)nc2c(-c3ccc(Cl)cc3)cc(Cl)cn12. The molecule has 7 nitrogen and oxygen atoms in total. The summed E-state index contributed by atoms with van der Waals surface area (Å²) in [6, 6.07) is 16.2. The van der Waals surface area contributed by atoms with Crippen LogP contribution < -0.4 is 0 Å². The molecule has 4 rings (SSSR count). The van der Waals surface area contributed by atoms with Gasteiger partial charge >= 0.3 is 5.82 Å². The molecule has 152 valence electrons. The number of imidazole rings is 1. The number of aromatic nitrogens is 2. The molecule has 2 heterocycles. The first-order valence-corrected chi connectivity index (χ1v) is 11.1. The van der Waals surface area contributed by atoms with Crippen molar-refractivity contribution in [2.45, 2.75) is 10.6 Å². The van der Waals surface area contributed by atoms with E-state index in [1.54, 1.807) is 48.5 Å². The van der Waals surface area contributed by atoms with Crippen LogP contribution in [-0.2, 0) is 15.6 Å². The quantitative estimate of drug-likeness (QED) is 0.301. The number of nitro groups is 1. The van der Waals surface area contributed by atoms with Crippen LogP contribution in [0.3, 0.4) is 0 Å². The van der Waals surface area contributed by atoms with Crippen molar-refractivity contribution >= 4 is 44.5 Å². The zero-order valence-electron chi connectivity index (χ0n) is 15.2. The number of hydrogen-bond donors (Lipinski definition) is 0. The van der Waals surface area contributed by atoms with E-state index in [0.717, 1.165) is 0 Å². The third-order valence-electron chi connectivity index (χ3n) is 4.49. The summed E-state index contributed by atoms with van der Waals surface area (Å²) in [6.45, 7) is 0. The summed E-state index contributed by atoms with van der Waals surface area (Å²) >= 11 is 12.2. The molecular formula is C20H13Cl2N3O4S. The van der Waals surface area contributed by atoms with Crippen LogP contribution in [0.15, 0.2) is 71.8 Å². The Bertz CT molecular complexity index is 1370. The second-order valence-electron chi connectivity index (χ2n) is 6.48. The third-order valence-corrected chi connectivity index (χ3v) is 6.59. The van der Waals surface area contributed by atoms with Gasteiger partial charge in [0.05, 0.1) is 15.5 Å². The highest BCUT2D eigenvalue weighted by atomic mass is 35.5. The number of pyridine rings is 1. The maximum absolute atomic E-state index is 12.8. The lowest BCUT2D eigenvalue weighted by atomic mass is 10.1.